The molecular weight excluding hydrogens is 246 g/mol. The Morgan fingerprint density at radius 3 is 2.53 bits per heavy atom. The molecule has 1 aromatic carbocycles. The monoisotopic (exact) mass is 265 g/mol. The molecule has 1 aromatic rings. The Bertz CT molecular complexity index is 498. The number of benzene rings is 1. The van der Waals surface area contributed by atoms with Crippen molar-refractivity contribution in [2.75, 3.05) is 17.7 Å². The highest BCUT2D eigenvalue weighted by atomic mass is 16.5. The van der Waals surface area contributed by atoms with Gasteiger partial charge in [-0.2, -0.15) is 0 Å². The van der Waals surface area contributed by atoms with Crippen LogP contribution in [0.3, 0.4) is 0 Å². The van der Waals surface area contributed by atoms with Crippen molar-refractivity contribution in [2.24, 2.45) is 5.73 Å². The highest BCUT2D eigenvalue weighted by Gasteiger charge is 2.25. The first-order valence-corrected chi connectivity index (χ1v) is 5.92. The van der Waals surface area contributed by atoms with Crippen LogP contribution in [0, 0.1) is 0 Å². The second-order valence-corrected chi connectivity index (χ2v) is 4.64. The van der Waals surface area contributed by atoms with Crippen molar-refractivity contribution in [3.63, 3.8) is 0 Å². The van der Waals surface area contributed by atoms with Gasteiger partial charge in [-0.25, -0.2) is 4.79 Å². The fraction of sp³-hybridized carbons (Fsp3) is 0.385. The smallest absolute Gasteiger partial charge is 0.338 e. The summed E-state index contributed by atoms with van der Waals surface area (Å²) in [4.78, 5) is 22.9. The number of carbonyl (C=O) groups excluding carboxylic acids is 2. The molecule has 0 atom stereocenters. The summed E-state index contributed by atoms with van der Waals surface area (Å²) in [6, 6.07) is 4.68. The quantitative estimate of drug-likeness (QED) is 0.546. The van der Waals surface area contributed by atoms with E-state index in [1.165, 1.54) is 6.07 Å². The first-order valence-electron chi connectivity index (χ1n) is 5.92. The summed E-state index contributed by atoms with van der Waals surface area (Å²) < 4.78 is 4.90. The number of hydrogen-bond acceptors (Lipinski definition) is 5. The van der Waals surface area contributed by atoms with E-state index in [2.05, 4.69) is 5.32 Å². The summed E-state index contributed by atoms with van der Waals surface area (Å²) in [5, 5.41) is 2.92. The van der Waals surface area contributed by atoms with Crippen LogP contribution in [0.1, 0.15) is 31.1 Å². The Morgan fingerprint density at radius 2 is 2.00 bits per heavy atom. The second-order valence-electron chi connectivity index (χ2n) is 4.64. The number of hydrogen-bond donors (Lipinski definition) is 3. The van der Waals surface area contributed by atoms with Crippen LogP contribution in [0.15, 0.2) is 18.2 Å². The summed E-state index contributed by atoms with van der Waals surface area (Å²) in [7, 11) is 0. The van der Waals surface area contributed by atoms with E-state index in [9.17, 15) is 9.59 Å². The van der Waals surface area contributed by atoms with Gasteiger partial charge >= 0.3 is 5.97 Å². The predicted octanol–water partition coefficient (Wildman–Crippen LogP) is 1.12. The summed E-state index contributed by atoms with van der Waals surface area (Å²) >= 11 is 0. The predicted molar refractivity (Wildman–Crippen MR) is 73.7 cm³/mol. The van der Waals surface area contributed by atoms with Gasteiger partial charge in [0.2, 0.25) is 5.91 Å². The van der Waals surface area contributed by atoms with Gasteiger partial charge in [-0.05, 0) is 39.0 Å². The SMILES string of the molecule is CCOC(=O)c1ccc(N)c(NC(C)(C)C(N)=O)c1. The first kappa shape index (κ1) is 14.8. The molecule has 19 heavy (non-hydrogen) atoms. The van der Waals surface area contributed by atoms with Crippen LogP contribution in [0.2, 0.25) is 0 Å². The normalized spacial score (nSPS) is 10.9. The van der Waals surface area contributed by atoms with E-state index in [0.717, 1.165) is 0 Å². The lowest BCUT2D eigenvalue weighted by molar-refractivity contribution is -0.121. The van der Waals surface area contributed by atoms with E-state index in [1.54, 1.807) is 32.9 Å². The highest BCUT2D eigenvalue weighted by molar-refractivity contribution is 5.93. The van der Waals surface area contributed by atoms with Gasteiger partial charge in [0.1, 0.15) is 5.54 Å². The lowest BCUT2D eigenvalue weighted by Crippen LogP contribution is -2.45. The van der Waals surface area contributed by atoms with Crippen LogP contribution < -0.4 is 16.8 Å². The van der Waals surface area contributed by atoms with Crippen molar-refractivity contribution < 1.29 is 14.3 Å². The number of nitrogen functional groups attached to an aromatic ring is 1. The maximum atomic E-state index is 11.6. The molecule has 0 aliphatic carbocycles. The fourth-order valence-electron chi connectivity index (χ4n) is 1.40. The van der Waals surface area contributed by atoms with Crippen LogP contribution in [-0.2, 0) is 9.53 Å². The number of ether oxygens (including phenoxy) is 1. The molecule has 0 saturated carbocycles. The van der Waals surface area contributed by atoms with E-state index < -0.39 is 17.4 Å². The van der Waals surface area contributed by atoms with E-state index in [-0.39, 0.29) is 0 Å². The molecule has 6 nitrogen and oxygen atoms in total. The third kappa shape index (κ3) is 3.61. The molecule has 0 unspecified atom stereocenters. The molecule has 0 heterocycles. The van der Waals surface area contributed by atoms with Crippen LogP contribution >= 0.6 is 0 Å². The maximum absolute atomic E-state index is 11.6. The Balaban J connectivity index is 3.04. The topological polar surface area (TPSA) is 107 Å². The summed E-state index contributed by atoms with van der Waals surface area (Å²) in [6.45, 7) is 5.28. The van der Waals surface area contributed by atoms with Crippen molar-refractivity contribution in [3.8, 4) is 0 Å². The van der Waals surface area contributed by atoms with Crippen molar-refractivity contribution in [2.45, 2.75) is 26.3 Å². The van der Waals surface area contributed by atoms with Crippen LogP contribution in [-0.4, -0.2) is 24.0 Å². The molecule has 0 saturated heterocycles. The lowest BCUT2D eigenvalue weighted by Gasteiger charge is -2.24. The van der Waals surface area contributed by atoms with Gasteiger partial charge in [-0.3, -0.25) is 4.79 Å². The zero-order chi connectivity index (χ0) is 14.6. The molecule has 1 rings (SSSR count). The third-order valence-electron chi connectivity index (χ3n) is 2.63. The molecular formula is C13H19N3O3. The molecule has 0 aliphatic rings. The van der Waals surface area contributed by atoms with E-state index >= 15 is 0 Å². The number of rotatable bonds is 5. The average molecular weight is 265 g/mol. The summed E-state index contributed by atoms with van der Waals surface area (Å²) in [6.07, 6.45) is 0. The van der Waals surface area contributed by atoms with E-state index in [4.69, 9.17) is 16.2 Å². The van der Waals surface area contributed by atoms with Crippen LogP contribution in [0.4, 0.5) is 11.4 Å². The van der Waals surface area contributed by atoms with Gasteiger partial charge in [-0.15, -0.1) is 0 Å². The molecule has 5 N–H and O–H groups in total. The second kappa shape index (κ2) is 5.60. The standard InChI is InChI=1S/C13H19N3O3/c1-4-19-11(17)8-5-6-9(14)10(7-8)16-13(2,3)12(15)18/h5-7,16H,4,14H2,1-3H3,(H2,15,18). The van der Waals surface area contributed by atoms with Gasteiger partial charge in [0.05, 0.1) is 23.5 Å². The number of anilines is 2. The van der Waals surface area contributed by atoms with Gasteiger partial charge in [0.25, 0.3) is 0 Å². The molecule has 104 valence electrons. The largest absolute Gasteiger partial charge is 0.462 e. The third-order valence-corrected chi connectivity index (χ3v) is 2.63. The lowest BCUT2D eigenvalue weighted by atomic mass is 10.0. The number of primary amides is 1. The molecule has 0 spiro atoms. The Kier molecular flexibility index (Phi) is 4.37. The van der Waals surface area contributed by atoms with Gasteiger partial charge in [-0.1, -0.05) is 0 Å². The number of nitrogens with two attached hydrogens (primary N) is 2. The van der Waals surface area contributed by atoms with Crippen molar-refractivity contribution in [3.05, 3.63) is 23.8 Å². The van der Waals surface area contributed by atoms with Crippen molar-refractivity contribution in [1.29, 1.82) is 0 Å². The maximum Gasteiger partial charge on any atom is 0.338 e. The Morgan fingerprint density at radius 1 is 1.37 bits per heavy atom. The first-order chi connectivity index (χ1) is 8.77. The minimum Gasteiger partial charge on any atom is -0.462 e. The van der Waals surface area contributed by atoms with Crippen molar-refractivity contribution >= 4 is 23.3 Å². The molecule has 0 bridgehead atoms. The molecule has 0 aliphatic heterocycles. The van der Waals surface area contributed by atoms with Gasteiger partial charge < -0.3 is 21.5 Å². The van der Waals surface area contributed by atoms with Gasteiger partial charge in [0, 0.05) is 0 Å². The number of carbonyl (C=O) groups is 2. The molecule has 6 heteroatoms. The Labute approximate surface area is 112 Å². The minimum absolute atomic E-state index is 0.290. The number of amides is 1. The molecule has 1 amide bonds. The summed E-state index contributed by atoms with van der Waals surface area (Å²) in [5.41, 5.74) is 11.4. The molecule has 0 radical (unpaired) electrons. The zero-order valence-corrected chi connectivity index (χ0v) is 11.3. The van der Waals surface area contributed by atoms with Crippen LogP contribution in [0.25, 0.3) is 0 Å². The number of nitrogens with one attached hydrogen (secondary N) is 1. The fourth-order valence-corrected chi connectivity index (χ4v) is 1.40. The number of esters is 1. The average Bonchev–Trinajstić information content (AvgIpc) is 2.31. The zero-order valence-electron chi connectivity index (χ0n) is 11.3. The molecule has 0 fully saturated rings. The van der Waals surface area contributed by atoms with Crippen molar-refractivity contribution in [1.82, 2.24) is 0 Å². The minimum atomic E-state index is -0.971. The van der Waals surface area contributed by atoms with Crippen LogP contribution in [0.5, 0.6) is 0 Å². The van der Waals surface area contributed by atoms with Gasteiger partial charge in [0.15, 0.2) is 0 Å². The van der Waals surface area contributed by atoms with E-state index in [1.807, 2.05) is 0 Å². The molecule has 0 aromatic heterocycles. The van der Waals surface area contributed by atoms with E-state index in [0.29, 0.717) is 23.5 Å². The summed E-state index contributed by atoms with van der Waals surface area (Å²) in [5.74, 6) is -0.962. The Hall–Kier alpha value is -2.24. The highest BCUT2D eigenvalue weighted by Crippen LogP contribution is 2.24.